The highest BCUT2D eigenvalue weighted by Gasteiger charge is 2.13. The van der Waals surface area contributed by atoms with E-state index in [2.05, 4.69) is 10.3 Å². The summed E-state index contributed by atoms with van der Waals surface area (Å²) in [5.74, 6) is -0.190. The molecule has 1 aromatic carbocycles. The molecule has 0 saturated heterocycles. The van der Waals surface area contributed by atoms with Crippen molar-refractivity contribution in [2.75, 3.05) is 12.8 Å². The second-order valence-corrected chi connectivity index (χ2v) is 7.05. The van der Waals surface area contributed by atoms with Crippen molar-refractivity contribution in [2.24, 2.45) is 0 Å². The number of nitrogens with zero attached hydrogens (tertiary/aromatic N) is 1. The lowest BCUT2D eigenvalue weighted by Crippen LogP contribution is -2.27. The molecule has 2 atom stereocenters. The molecule has 0 aliphatic rings. The van der Waals surface area contributed by atoms with Crippen LogP contribution in [0.5, 0.6) is 0 Å². The van der Waals surface area contributed by atoms with Gasteiger partial charge in [-0.15, -0.1) is 0 Å². The maximum Gasteiger partial charge on any atom is 0.252 e. The molecule has 0 spiro atoms. The molecule has 2 rings (SSSR count). The van der Waals surface area contributed by atoms with Crippen molar-refractivity contribution < 1.29 is 9.00 Å². The van der Waals surface area contributed by atoms with Crippen LogP contribution in [0.15, 0.2) is 30.3 Å². The third-order valence-corrected chi connectivity index (χ3v) is 4.90. The van der Waals surface area contributed by atoms with E-state index in [9.17, 15) is 9.00 Å². The molecule has 21 heavy (non-hydrogen) atoms. The lowest BCUT2D eigenvalue weighted by molar-refractivity contribution is 0.0955. The second-order valence-electron chi connectivity index (χ2n) is 4.86. The Morgan fingerprint density at radius 3 is 2.86 bits per heavy atom. The zero-order valence-electron chi connectivity index (χ0n) is 11.9. The first-order valence-corrected chi connectivity index (χ1v) is 8.64. The molecule has 112 valence electrons. The van der Waals surface area contributed by atoms with Gasteiger partial charge in [0, 0.05) is 34.2 Å². The highest BCUT2D eigenvalue weighted by molar-refractivity contribution is 7.84. The molecule has 2 unspecified atom stereocenters. The molecule has 1 heterocycles. The van der Waals surface area contributed by atoms with E-state index in [1.54, 1.807) is 12.3 Å². The van der Waals surface area contributed by atoms with Gasteiger partial charge in [-0.3, -0.25) is 9.00 Å². The number of aromatic nitrogens is 1. The number of nitrogens with one attached hydrogen (secondary N) is 1. The van der Waals surface area contributed by atoms with Crippen molar-refractivity contribution in [3.8, 4) is 0 Å². The first-order valence-electron chi connectivity index (χ1n) is 6.64. The number of benzene rings is 1. The molecule has 1 aromatic heterocycles. The van der Waals surface area contributed by atoms with E-state index in [1.165, 1.54) is 0 Å². The van der Waals surface area contributed by atoms with Crippen molar-refractivity contribution in [3.05, 3.63) is 41.0 Å². The maximum absolute atomic E-state index is 12.3. The van der Waals surface area contributed by atoms with Gasteiger partial charge in [-0.1, -0.05) is 36.7 Å². The maximum atomic E-state index is 12.3. The van der Waals surface area contributed by atoms with Crippen LogP contribution in [0, 0.1) is 0 Å². The Balaban J connectivity index is 2.14. The Morgan fingerprint density at radius 1 is 1.43 bits per heavy atom. The van der Waals surface area contributed by atoms with Crippen LogP contribution in [0.4, 0.5) is 0 Å². The predicted octanol–water partition coefficient (Wildman–Crippen LogP) is 2.78. The minimum absolute atomic E-state index is 0.0584. The summed E-state index contributed by atoms with van der Waals surface area (Å²) in [7, 11) is -0.878. The fourth-order valence-corrected chi connectivity index (χ4v) is 2.63. The summed E-state index contributed by atoms with van der Waals surface area (Å²) in [4.78, 5) is 16.5. The number of carbonyl (C=O) groups is 1. The van der Waals surface area contributed by atoms with Gasteiger partial charge >= 0.3 is 0 Å². The number of rotatable bonds is 5. The molecule has 6 heteroatoms. The minimum Gasteiger partial charge on any atom is -0.352 e. The minimum atomic E-state index is -0.878. The van der Waals surface area contributed by atoms with Crippen LogP contribution in [-0.2, 0) is 10.8 Å². The standard InChI is InChI=1S/C15H17ClN2O2S/c1-10(21(2)20)7-8-17-15(19)12-9-14(16)18-13-6-4-3-5-11(12)13/h3-6,9-10H,7-8H2,1-2H3,(H,17,19). The molecular formula is C15H17ClN2O2S. The average molecular weight is 325 g/mol. The number of hydrogen-bond acceptors (Lipinski definition) is 3. The zero-order valence-corrected chi connectivity index (χ0v) is 13.5. The van der Waals surface area contributed by atoms with Crippen molar-refractivity contribution >= 4 is 39.2 Å². The third-order valence-electron chi connectivity index (χ3n) is 3.33. The van der Waals surface area contributed by atoms with Crippen molar-refractivity contribution in [2.45, 2.75) is 18.6 Å². The van der Waals surface area contributed by atoms with E-state index in [0.717, 1.165) is 5.39 Å². The summed E-state index contributed by atoms with van der Waals surface area (Å²) in [6, 6.07) is 8.95. The molecule has 0 aliphatic heterocycles. The summed E-state index contributed by atoms with van der Waals surface area (Å²) in [6.45, 7) is 2.38. The molecule has 0 saturated carbocycles. The van der Waals surface area contributed by atoms with Crippen molar-refractivity contribution in [1.29, 1.82) is 0 Å². The Morgan fingerprint density at radius 2 is 2.14 bits per heavy atom. The Labute approximate surface area is 131 Å². The summed E-state index contributed by atoms with van der Waals surface area (Å²) in [5.41, 5.74) is 1.20. The van der Waals surface area contributed by atoms with Crippen LogP contribution in [0.3, 0.4) is 0 Å². The lowest BCUT2D eigenvalue weighted by Gasteiger charge is -2.11. The molecule has 0 bridgehead atoms. The van der Waals surface area contributed by atoms with E-state index in [4.69, 9.17) is 11.6 Å². The van der Waals surface area contributed by atoms with Gasteiger partial charge in [0.1, 0.15) is 5.15 Å². The lowest BCUT2D eigenvalue weighted by atomic mass is 10.1. The topological polar surface area (TPSA) is 59.1 Å². The molecule has 0 fully saturated rings. The normalized spacial score (nSPS) is 13.9. The first kappa shape index (κ1) is 15.9. The molecule has 2 aromatic rings. The Kier molecular flexibility index (Phi) is 5.31. The predicted molar refractivity (Wildman–Crippen MR) is 87.2 cm³/mol. The number of halogens is 1. The number of pyridine rings is 1. The van der Waals surface area contributed by atoms with Gasteiger partial charge in [-0.2, -0.15) is 0 Å². The van der Waals surface area contributed by atoms with Gasteiger partial charge in [0.15, 0.2) is 0 Å². The fraction of sp³-hybridized carbons (Fsp3) is 0.333. The van der Waals surface area contributed by atoms with E-state index in [1.807, 2.05) is 31.2 Å². The van der Waals surface area contributed by atoms with Gasteiger partial charge in [-0.05, 0) is 18.6 Å². The molecule has 1 N–H and O–H groups in total. The van der Waals surface area contributed by atoms with Crippen LogP contribution in [0.25, 0.3) is 10.9 Å². The van der Waals surface area contributed by atoms with Gasteiger partial charge in [0.2, 0.25) is 0 Å². The summed E-state index contributed by atoms with van der Waals surface area (Å²) in [6.07, 6.45) is 2.34. The highest BCUT2D eigenvalue weighted by atomic mass is 35.5. The van der Waals surface area contributed by atoms with E-state index in [0.29, 0.717) is 29.2 Å². The SMILES string of the molecule is CC(CCNC(=O)c1cc(Cl)nc2ccccc12)S(C)=O. The summed E-state index contributed by atoms with van der Waals surface area (Å²) >= 11 is 5.96. The number of fused-ring (bicyclic) bond motifs is 1. The fourth-order valence-electron chi connectivity index (χ4n) is 1.98. The quantitative estimate of drug-likeness (QED) is 0.860. The van der Waals surface area contributed by atoms with E-state index in [-0.39, 0.29) is 11.2 Å². The molecule has 4 nitrogen and oxygen atoms in total. The second kappa shape index (κ2) is 7.00. The average Bonchev–Trinajstić information content (AvgIpc) is 2.45. The third kappa shape index (κ3) is 4.02. The largest absolute Gasteiger partial charge is 0.352 e. The first-order chi connectivity index (χ1) is 9.99. The van der Waals surface area contributed by atoms with Crippen LogP contribution in [-0.4, -0.2) is 33.2 Å². The molecule has 0 aliphatic carbocycles. The summed E-state index contributed by atoms with van der Waals surface area (Å²) in [5, 5.41) is 3.97. The van der Waals surface area contributed by atoms with Gasteiger partial charge < -0.3 is 5.32 Å². The number of amides is 1. The van der Waals surface area contributed by atoms with Gasteiger partial charge in [0.05, 0.1) is 11.1 Å². The zero-order chi connectivity index (χ0) is 15.4. The molecule has 0 radical (unpaired) electrons. The summed E-state index contributed by atoms with van der Waals surface area (Å²) < 4.78 is 11.3. The van der Waals surface area contributed by atoms with Crippen molar-refractivity contribution in [1.82, 2.24) is 10.3 Å². The van der Waals surface area contributed by atoms with E-state index >= 15 is 0 Å². The van der Waals surface area contributed by atoms with Gasteiger partial charge in [0.25, 0.3) is 5.91 Å². The Hall–Kier alpha value is -1.46. The monoisotopic (exact) mass is 324 g/mol. The molecular weight excluding hydrogens is 308 g/mol. The Bertz CT molecular complexity index is 690. The van der Waals surface area contributed by atoms with Crippen LogP contribution in [0.1, 0.15) is 23.7 Å². The van der Waals surface area contributed by atoms with Crippen molar-refractivity contribution in [3.63, 3.8) is 0 Å². The van der Waals surface area contributed by atoms with Crippen LogP contribution in [0.2, 0.25) is 5.15 Å². The molecule has 1 amide bonds. The smallest absolute Gasteiger partial charge is 0.252 e. The van der Waals surface area contributed by atoms with Gasteiger partial charge in [-0.25, -0.2) is 4.98 Å². The van der Waals surface area contributed by atoms with Crippen LogP contribution < -0.4 is 5.32 Å². The highest BCUT2D eigenvalue weighted by Crippen LogP contribution is 2.20. The van der Waals surface area contributed by atoms with E-state index < -0.39 is 10.8 Å². The van der Waals surface area contributed by atoms with Crippen LogP contribution >= 0.6 is 11.6 Å². The number of para-hydroxylation sites is 1. The number of hydrogen-bond donors (Lipinski definition) is 1. The number of carbonyl (C=O) groups excluding carboxylic acids is 1.